The molecule has 2 aromatic heterocycles. The predicted molar refractivity (Wildman–Crippen MR) is 118 cm³/mol. The fraction of sp³-hybridized carbons (Fsp3) is 0.348. The number of likely N-dealkylation sites (tertiary alicyclic amines) is 1. The molecule has 30 heavy (non-hydrogen) atoms. The first-order valence-corrected chi connectivity index (χ1v) is 11.1. The van der Waals surface area contributed by atoms with Crippen molar-refractivity contribution >= 4 is 23.2 Å². The number of hydrogen-bond donors (Lipinski definition) is 1. The predicted octanol–water partition coefficient (Wildman–Crippen LogP) is 3.53. The van der Waals surface area contributed by atoms with E-state index < -0.39 is 0 Å². The van der Waals surface area contributed by atoms with Crippen LogP contribution in [0.5, 0.6) is 0 Å². The van der Waals surface area contributed by atoms with Crippen LogP contribution in [0, 0.1) is 13.8 Å². The third-order valence-electron chi connectivity index (χ3n) is 5.37. The SMILES string of the molecule is Cc1ccc(C)n1-c1nc(CC(=O)NCc2cccc(CN3CCCC3=O)c2)cs1. The first-order valence-electron chi connectivity index (χ1n) is 10.2. The minimum atomic E-state index is -0.0482. The molecule has 1 aliphatic heterocycles. The number of carbonyl (C=O) groups is 2. The zero-order valence-electron chi connectivity index (χ0n) is 17.4. The van der Waals surface area contributed by atoms with Crippen molar-refractivity contribution in [2.24, 2.45) is 0 Å². The van der Waals surface area contributed by atoms with Crippen LogP contribution in [0.15, 0.2) is 41.8 Å². The molecule has 2 amide bonds. The van der Waals surface area contributed by atoms with Crippen molar-refractivity contribution in [3.8, 4) is 5.13 Å². The molecule has 3 aromatic rings. The Morgan fingerprint density at radius 1 is 1.17 bits per heavy atom. The summed E-state index contributed by atoms with van der Waals surface area (Å²) in [4.78, 5) is 30.8. The normalized spacial score (nSPS) is 13.8. The maximum Gasteiger partial charge on any atom is 0.226 e. The van der Waals surface area contributed by atoms with Gasteiger partial charge in [-0.15, -0.1) is 11.3 Å². The van der Waals surface area contributed by atoms with Gasteiger partial charge in [0.15, 0.2) is 5.13 Å². The molecule has 7 heteroatoms. The molecule has 0 bridgehead atoms. The molecule has 0 saturated carbocycles. The maximum atomic E-state index is 12.4. The van der Waals surface area contributed by atoms with E-state index in [1.54, 1.807) is 11.3 Å². The van der Waals surface area contributed by atoms with Crippen molar-refractivity contribution < 1.29 is 9.59 Å². The molecule has 0 radical (unpaired) electrons. The summed E-state index contributed by atoms with van der Waals surface area (Å²) >= 11 is 1.55. The number of nitrogens with one attached hydrogen (secondary N) is 1. The molecule has 4 rings (SSSR count). The van der Waals surface area contributed by atoms with Gasteiger partial charge in [0, 0.05) is 42.8 Å². The summed E-state index contributed by atoms with van der Waals surface area (Å²) in [6, 6.07) is 12.2. The summed E-state index contributed by atoms with van der Waals surface area (Å²) in [6.45, 7) is 6.04. The number of nitrogens with zero attached hydrogens (tertiary/aromatic N) is 3. The summed E-state index contributed by atoms with van der Waals surface area (Å²) in [5.74, 6) is 0.176. The summed E-state index contributed by atoms with van der Waals surface area (Å²) in [6.07, 6.45) is 1.85. The standard InChI is InChI=1S/C23H26N4O2S/c1-16-8-9-17(2)27(16)23-25-20(15-30-23)12-21(28)24-13-18-5-3-6-19(11-18)14-26-10-4-7-22(26)29/h3,5-6,8-9,11,15H,4,7,10,12-14H2,1-2H3,(H,24,28). The Kier molecular flexibility index (Phi) is 5.99. The Balaban J connectivity index is 1.32. The highest BCUT2D eigenvalue weighted by Crippen LogP contribution is 2.20. The number of carbonyl (C=O) groups excluding carboxylic acids is 2. The lowest BCUT2D eigenvalue weighted by molar-refractivity contribution is -0.128. The summed E-state index contributed by atoms with van der Waals surface area (Å²) in [5, 5.41) is 5.82. The molecule has 0 atom stereocenters. The van der Waals surface area contributed by atoms with E-state index in [9.17, 15) is 9.59 Å². The molecule has 3 heterocycles. The van der Waals surface area contributed by atoms with Crippen molar-refractivity contribution in [3.63, 3.8) is 0 Å². The van der Waals surface area contributed by atoms with Gasteiger partial charge in [0.1, 0.15) is 0 Å². The number of aryl methyl sites for hydroxylation is 2. The van der Waals surface area contributed by atoms with E-state index in [2.05, 4.69) is 46.9 Å². The lowest BCUT2D eigenvalue weighted by atomic mass is 10.1. The first kappa shape index (κ1) is 20.3. The lowest BCUT2D eigenvalue weighted by Gasteiger charge is -2.16. The van der Waals surface area contributed by atoms with Gasteiger partial charge in [-0.2, -0.15) is 0 Å². The smallest absolute Gasteiger partial charge is 0.226 e. The number of thiazole rings is 1. The van der Waals surface area contributed by atoms with E-state index in [0.717, 1.165) is 46.3 Å². The van der Waals surface area contributed by atoms with Gasteiger partial charge in [-0.05, 0) is 43.5 Å². The minimum Gasteiger partial charge on any atom is -0.352 e. The summed E-state index contributed by atoms with van der Waals surface area (Å²) < 4.78 is 2.10. The Bertz CT molecular complexity index is 1050. The van der Waals surface area contributed by atoms with Crippen molar-refractivity contribution in [2.75, 3.05) is 6.54 Å². The van der Waals surface area contributed by atoms with Gasteiger partial charge < -0.3 is 10.2 Å². The highest BCUT2D eigenvalue weighted by atomic mass is 32.1. The average molecular weight is 423 g/mol. The van der Waals surface area contributed by atoms with Gasteiger partial charge in [0.2, 0.25) is 11.8 Å². The van der Waals surface area contributed by atoms with Crippen LogP contribution < -0.4 is 5.32 Å². The second-order valence-corrected chi connectivity index (χ2v) is 8.60. The van der Waals surface area contributed by atoms with Gasteiger partial charge in [-0.25, -0.2) is 4.98 Å². The molecule has 0 unspecified atom stereocenters. The van der Waals surface area contributed by atoms with Crippen LogP contribution in [0.25, 0.3) is 5.13 Å². The number of hydrogen-bond acceptors (Lipinski definition) is 4. The molecular weight excluding hydrogens is 396 g/mol. The molecule has 1 aromatic carbocycles. The fourth-order valence-corrected chi connectivity index (χ4v) is 4.75. The Morgan fingerprint density at radius 2 is 1.93 bits per heavy atom. The van der Waals surface area contributed by atoms with Crippen molar-refractivity contribution in [3.05, 3.63) is 70.0 Å². The topological polar surface area (TPSA) is 67.2 Å². The van der Waals surface area contributed by atoms with Crippen LogP contribution in [0.2, 0.25) is 0 Å². The van der Waals surface area contributed by atoms with E-state index in [1.807, 2.05) is 28.5 Å². The largest absolute Gasteiger partial charge is 0.352 e. The molecule has 6 nitrogen and oxygen atoms in total. The van der Waals surface area contributed by atoms with Crippen LogP contribution >= 0.6 is 11.3 Å². The third-order valence-corrected chi connectivity index (χ3v) is 6.24. The van der Waals surface area contributed by atoms with E-state index in [1.165, 1.54) is 0 Å². The number of aromatic nitrogens is 2. The van der Waals surface area contributed by atoms with Gasteiger partial charge in [-0.1, -0.05) is 24.3 Å². The molecule has 1 fully saturated rings. The maximum absolute atomic E-state index is 12.4. The van der Waals surface area contributed by atoms with E-state index >= 15 is 0 Å². The van der Waals surface area contributed by atoms with Crippen molar-refractivity contribution in [1.29, 1.82) is 0 Å². The van der Waals surface area contributed by atoms with Crippen LogP contribution in [0.1, 0.15) is 41.1 Å². The summed E-state index contributed by atoms with van der Waals surface area (Å²) in [5.41, 5.74) is 5.17. The number of amides is 2. The van der Waals surface area contributed by atoms with E-state index in [0.29, 0.717) is 19.5 Å². The summed E-state index contributed by atoms with van der Waals surface area (Å²) in [7, 11) is 0. The van der Waals surface area contributed by atoms with Crippen LogP contribution in [-0.2, 0) is 29.1 Å². The first-order chi connectivity index (χ1) is 14.5. The average Bonchev–Trinajstić information content (AvgIpc) is 3.42. The Morgan fingerprint density at radius 3 is 2.67 bits per heavy atom. The van der Waals surface area contributed by atoms with Gasteiger partial charge in [0.05, 0.1) is 12.1 Å². The van der Waals surface area contributed by atoms with Gasteiger partial charge in [-0.3, -0.25) is 14.2 Å². The highest BCUT2D eigenvalue weighted by molar-refractivity contribution is 7.12. The molecular formula is C23H26N4O2S. The quantitative estimate of drug-likeness (QED) is 0.633. The van der Waals surface area contributed by atoms with Crippen molar-refractivity contribution in [1.82, 2.24) is 19.8 Å². The molecule has 1 aliphatic rings. The fourth-order valence-electron chi connectivity index (χ4n) is 3.81. The van der Waals surface area contributed by atoms with Crippen LogP contribution in [0.4, 0.5) is 0 Å². The zero-order valence-corrected chi connectivity index (χ0v) is 18.2. The highest BCUT2D eigenvalue weighted by Gasteiger charge is 2.20. The molecule has 0 aliphatic carbocycles. The lowest BCUT2D eigenvalue weighted by Crippen LogP contribution is -2.25. The Labute approximate surface area is 180 Å². The van der Waals surface area contributed by atoms with E-state index in [4.69, 9.17) is 0 Å². The molecule has 1 N–H and O–H groups in total. The number of rotatable bonds is 7. The molecule has 1 saturated heterocycles. The third kappa shape index (κ3) is 4.62. The number of benzene rings is 1. The Hall–Kier alpha value is -2.93. The van der Waals surface area contributed by atoms with Crippen molar-refractivity contribution in [2.45, 2.75) is 46.2 Å². The zero-order chi connectivity index (χ0) is 21.1. The van der Waals surface area contributed by atoms with Crippen LogP contribution in [-0.4, -0.2) is 32.8 Å². The monoisotopic (exact) mass is 422 g/mol. The van der Waals surface area contributed by atoms with Gasteiger partial charge >= 0.3 is 0 Å². The molecule has 156 valence electrons. The second kappa shape index (κ2) is 8.83. The second-order valence-electron chi connectivity index (χ2n) is 7.77. The van der Waals surface area contributed by atoms with Gasteiger partial charge in [0.25, 0.3) is 0 Å². The minimum absolute atomic E-state index is 0.0482. The molecule has 0 spiro atoms. The van der Waals surface area contributed by atoms with Crippen LogP contribution in [0.3, 0.4) is 0 Å². The van der Waals surface area contributed by atoms with E-state index in [-0.39, 0.29) is 18.2 Å².